The minimum absolute atomic E-state index is 0.0398. The fraction of sp³-hybridized carbons (Fsp3) is 0.478. The van der Waals surface area contributed by atoms with Crippen LogP contribution in [0.3, 0.4) is 0 Å². The summed E-state index contributed by atoms with van der Waals surface area (Å²) in [5, 5.41) is 35.6. The van der Waals surface area contributed by atoms with Gasteiger partial charge in [0.15, 0.2) is 0 Å². The summed E-state index contributed by atoms with van der Waals surface area (Å²) in [7, 11) is 0. The molecule has 4 atom stereocenters. The number of rotatable bonds is 36. The maximum absolute atomic E-state index is 14.0. The largest absolute Gasteiger partial charge is 0.508 e. The first-order valence-electron chi connectivity index (χ1n) is 22.9. The summed E-state index contributed by atoms with van der Waals surface area (Å²) >= 11 is 0. The summed E-state index contributed by atoms with van der Waals surface area (Å²) < 4.78 is 15.8. The first kappa shape index (κ1) is 57.8. The molecule has 16 N–H and O–H groups in total. The number of hydrazone groups is 1. The van der Waals surface area contributed by atoms with E-state index in [0.717, 1.165) is 0 Å². The van der Waals surface area contributed by atoms with Gasteiger partial charge < -0.3 is 79.0 Å². The molecule has 8 amide bonds. The van der Waals surface area contributed by atoms with Crippen molar-refractivity contribution < 1.29 is 62.8 Å². The van der Waals surface area contributed by atoms with Crippen molar-refractivity contribution in [2.75, 3.05) is 59.3 Å². The van der Waals surface area contributed by atoms with Crippen LogP contribution in [0.1, 0.15) is 56.1 Å². The Labute approximate surface area is 409 Å². The van der Waals surface area contributed by atoms with Crippen LogP contribution in [-0.4, -0.2) is 158 Å². The topological polar surface area (TPSA) is 409 Å². The number of aliphatic hydroxyl groups excluding tert-OH is 1. The van der Waals surface area contributed by atoms with Gasteiger partial charge in [0.25, 0.3) is 0 Å². The van der Waals surface area contributed by atoms with Gasteiger partial charge in [0, 0.05) is 68.5 Å². The molecular weight excluding hydrogens is 929 g/mol. The van der Waals surface area contributed by atoms with Gasteiger partial charge in [-0.25, -0.2) is 0 Å². The number of aromatic hydroxyl groups is 1. The Bertz CT molecular complexity index is 2270. The second-order valence-corrected chi connectivity index (χ2v) is 16.0. The third kappa shape index (κ3) is 23.1. The number of nitrogens with one attached hydrogen (secondary N) is 6. The summed E-state index contributed by atoms with van der Waals surface area (Å²) in [6, 6.07) is 6.95. The van der Waals surface area contributed by atoms with Gasteiger partial charge in [-0.15, -0.1) is 0 Å². The summed E-state index contributed by atoms with van der Waals surface area (Å²) in [6.45, 7) is 2.53. The molecule has 0 spiro atoms. The SMILES string of the molecule is NN=C(C=NCCCCC(=O)N[C@H](Cc1ccc(O)cc1)C(=O)N[C@@H](CC(N)=O)C(=O)N[C@@H](Cc1c[nH]c2ccccc12)C(=O)N[C@@H](CC(N)=O)C(N)=O)CCC(=O)NCCOCCOCCOCCO. The van der Waals surface area contributed by atoms with Crippen molar-refractivity contribution >= 4 is 70.1 Å². The predicted octanol–water partition coefficient (Wildman–Crippen LogP) is -2.67. The second kappa shape index (κ2) is 32.4. The molecule has 388 valence electrons. The van der Waals surface area contributed by atoms with E-state index in [-0.39, 0.29) is 63.5 Å². The van der Waals surface area contributed by atoms with Gasteiger partial charge in [0.1, 0.15) is 29.9 Å². The van der Waals surface area contributed by atoms with E-state index < -0.39 is 78.4 Å². The number of amides is 8. The lowest BCUT2D eigenvalue weighted by Gasteiger charge is -2.26. The van der Waals surface area contributed by atoms with Crippen molar-refractivity contribution in [1.29, 1.82) is 0 Å². The van der Waals surface area contributed by atoms with Crippen LogP contribution >= 0.6 is 0 Å². The minimum Gasteiger partial charge on any atom is -0.508 e. The highest BCUT2D eigenvalue weighted by molar-refractivity contribution is 6.30. The van der Waals surface area contributed by atoms with E-state index in [1.165, 1.54) is 30.5 Å². The average Bonchev–Trinajstić information content (AvgIpc) is 3.74. The molecule has 71 heavy (non-hydrogen) atoms. The number of para-hydroxylation sites is 1. The van der Waals surface area contributed by atoms with E-state index in [9.17, 15) is 43.5 Å². The highest BCUT2D eigenvalue weighted by Crippen LogP contribution is 2.20. The molecule has 0 fully saturated rings. The number of phenols is 1. The number of benzene rings is 2. The molecule has 25 heteroatoms. The van der Waals surface area contributed by atoms with E-state index in [2.05, 4.69) is 41.7 Å². The number of H-pyrrole nitrogens is 1. The number of aromatic nitrogens is 1. The standard InChI is InChI=1S/C46H66N12O13/c47-39(61)25-35(43(49)65)55-45(67)37(24-30-27-53-34-6-2-1-5-33(30)34)56-46(68)38(26-40(48)62)57-44(66)36(23-29-8-11-32(60)12-9-29)54-42(64)7-3-4-14-51-28-31(58-50)10-13-41(63)52-15-17-69-19-21-71-22-20-70-18-16-59/h1-2,5-6,8-9,11-12,27-28,35-38,53,59-60H,3-4,7,10,13-26,50H2,(H2,47,61)(H2,48,62)(H2,49,65)(H,52,63)(H,54,64)(H,55,67)(H,56,68)(H,57,66)/t35-,36+,37-,38-/m0/s1. The highest BCUT2D eigenvalue weighted by Gasteiger charge is 2.33. The number of fused-ring (bicyclic) bond motifs is 1. The van der Waals surface area contributed by atoms with Gasteiger partial charge in [0.05, 0.1) is 64.8 Å². The maximum Gasteiger partial charge on any atom is 0.243 e. The van der Waals surface area contributed by atoms with Crippen molar-refractivity contribution in [3.63, 3.8) is 0 Å². The third-order valence-corrected chi connectivity index (χ3v) is 10.4. The fourth-order valence-corrected chi connectivity index (χ4v) is 6.74. The van der Waals surface area contributed by atoms with Crippen molar-refractivity contribution in [2.45, 2.75) is 82.0 Å². The Hall–Kier alpha value is -7.48. The van der Waals surface area contributed by atoms with E-state index in [1.807, 2.05) is 0 Å². The number of carbonyl (C=O) groups is 8. The zero-order chi connectivity index (χ0) is 52.0. The Morgan fingerprint density at radius 3 is 1.90 bits per heavy atom. The molecule has 1 aromatic heterocycles. The van der Waals surface area contributed by atoms with Crippen molar-refractivity contribution in [1.82, 2.24) is 31.6 Å². The van der Waals surface area contributed by atoms with E-state index in [0.29, 0.717) is 80.2 Å². The lowest BCUT2D eigenvalue weighted by atomic mass is 10.0. The number of ether oxygens (including phenoxy) is 3. The van der Waals surface area contributed by atoms with Crippen LogP contribution < -0.4 is 49.6 Å². The Morgan fingerprint density at radius 1 is 0.662 bits per heavy atom. The van der Waals surface area contributed by atoms with Crippen LogP contribution in [0.25, 0.3) is 10.9 Å². The number of hydrogen-bond acceptors (Lipinski definition) is 16. The lowest BCUT2D eigenvalue weighted by Crippen LogP contribution is -2.59. The number of carbonyl (C=O) groups excluding carboxylic acids is 8. The van der Waals surface area contributed by atoms with Crippen LogP contribution in [0.5, 0.6) is 5.75 Å². The molecule has 2 aromatic carbocycles. The second-order valence-electron chi connectivity index (χ2n) is 16.0. The zero-order valence-electron chi connectivity index (χ0n) is 39.4. The van der Waals surface area contributed by atoms with Crippen molar-refractivity contribution in [3.8, 4) is 5.75 Å². The monoisotopic (exact) mass is 994 g/mol. The van der Waals surface area contributed by atoms with Crippen LogP contribution in [0.2, 0.25) is 0 Å². The quantitative estimate of drug-likeness (QED) is 0.0122. The number of nitrogens with zero attached hydrogens (tertiary/aromatic N) is 2. The molecule has 0 unspecified atom stereocenters. The summed E-state index contributed by atoms with van der Waals surface area (Å²) in [4.78, 5) is 111. The van der Waals surface area contributed by atoms with Crippen LogP contribution in [-0.2, 0) is 65.4 Å². The number of aliphatic imine (C=N–C) groups is 1. The molecule has 1 heterocycles. The van der Waals surface area contributed by atoms with E-state index in [4.69, 9.17) is 42.4 Å². The van der Waals surface area contributed by atoms with Crippen molar-refractivity contribution in [3.05, 3.63) is 65.9 Å². The molecule has 0 aliphatic heterocycles. The summed E-state index contributed by atoms with van der Waals surface area (Å²) in [6.07, 6.45) is 2.48. The number of unbranched alkanes of at least 4 members (excludes halogenated alkanes) is 1. The molecule has 0 aliphatic carbocycles. The predicted molar refractivity (Wildman–Crippen MR) is 259 cm³/mol. The lowest BCUT2D eigenvalue weighted by molar-refractivity contribution is -0.135. The minimum atomic E-state index is -1.67. The molecule has 0 aliphatic rings. The van der Waals surface area contributed by atoms with Gasteiger partial charge in [-0.1, -0.05) is 30.3 Å². The molecule has 0 saturated heterocycles. The Morgan fingerprint density at radius 2 is 1.25 bits per heavy atom. The molecule has 0 saturated carbocycles. The average molecular weight is 995 g/mol. The smallest absolute Gasteiger partial charge is 0.243 e. The molecule has 0 radical (unpaired) electrons. The van der Waals surface area contributed by atoms with Gasteiger partial charge in [-0.3, -0.25) is 43.3 Å². The Balaban J connectivity index is 1.59. The molecule has 25 nitrogen and oxygen atoms in total. The van der Waals surface area contributed by atoms with Crippen LogP contribution in [0, 0.1) is 0 Å². The molecule has 3 aromatic rings. The number of hydrogen-bond donors (Lipinski definition) is 12. The number of nitrogens with two attached hydrogens (primary N) is 4. The number of primary amides is 3. The van der Waals surface area contributed by atoms with Crippen LogP contribution in [0.15, 0.2) is 64.8 Å². The number of aromatic amines is 1. The summed E-state index contributed by atoms with van der Waals surface area (Å²) in [5.74, 6) is -1.17. The number of aliphatic hydroxyl groups is 1. The van der Waals surface area contributed by atoms with E-state index >= 15 is 0 Å². The van der Waals surface area contributed by atoms with Crippen molar-refractivity contribution in [2.24, 2.45) is 33.1 Å². The third-order valence-electron chi connectivity index (χ3n) is 10.4. The van der Waals surface area contributed by atoms with Gasteiger partial charge >= 0.3 is 0 Å². The first-order chi connectivity index (χ1) is 34.1. The summed E-state index contributed by atoms with van der Waals surface area (Å²) in [5.41, 5.74) is 18.3. The maximum atomic E-state index is 14.0. The fourth-order valence-electron chi connectivity index (χ4n) is 6.74. The Kier molecular flexibility index (Phi) is 26.4. The normalized spacial score (nSPS) is 13.2. The highest BCUT2D eigenvalue weighted by atomic mass is 16.5. The van der Waals surface area contributed by atoms with Gasteiger partial charge in [-0.2, -0.15) is 5.10 Å². The van der Waals surface area contributed by atoms with Crippen LogP contribution in [0.4, 0.5) is 0 Å². The molecular formula is C46H66N12O13. The molecule has 0 bridgehead atoms. The van der Waals surface area contributed by atoms with Gasteiger partial charge in [-0.05, 0) is 42.2 Å². The zero-order valence-corrected chi connectivity index (χ0v) is 39.4. The first-order valence-corrected chi connectivity index (χ1v) is 22.9. The molecule has 3 rings (SSSR count). The van der Waals surface area contributed by atoms with Gasteiger partial charge in [0.2, 0.25) is 47.3 Å². The number of phenolic OH excluding ortho intramolecular Hbond substituents is 1. The van der Waals surface area contributed by atoms with E-state index in [1.54, 1.807) is 30.5 Å².